The van der Waals surface area contributed by atoms with Crippen molar-refractivity contribution in [1.82, 2.24) is 4.57 Å². The van der Waals surface area contributed by atoms with Crippen LogP contribution < -0.4 is 4.74 Å². The zero-order valence-electron chi connectivity index (χ0n) is 12.3. The van der Waals surface area contributed by atoms with Crippen LogP contribution in [0.2, 0.25) is 0 Å². The number of rotatable bonds is 4. The first-order valence-electron chi connectivity index (χ1n) is 7.15. The molecule has 0 amide bonds. The van der Waals surface area contributed by atoms with E-state index in [-0.39, 0.29) is 5.75 Å². The molecular formula is C18H19NO2. The zero-order chi connectivity index (χ0) is 14.8. The second kappa shape index (κ2) is 5.52. The van der Waals surface area contributed by atoms with Crippen LogP contribution in [0.1, 0.15) is 25.5 Å². The molecule has 3 aromatic rings. The van der Waals surface area contributed by atoms with Crippen molar-refractivity contribution in [3.63, 3.8) is 0 Å². The van der Waals surface area contributed by atoms with Crippen molar-refractivity contribution in [2.24, 2.45) is 0 Å². The average Bonchev–Trinajstić information content (AvgIpc) is 2.84. The van der Waals surface area contributed by atoms with Crippen LogP contribution >= 0.6 is 0 Å². The highest BCUT2D eigenvalue weighted by atomic mass is 16.5. The minimum atomic E-state index is 0.220. The van der Waals surface area contributed by atoms with E-state index in [1.54, 1.807) is 18.2 Å². The van der Waals surface area contributed by atoms with Crippen molar-refractivity contribution in [1.29, 1.82) is 0 Å². The molecule has 1 heterocycles. The molecule has 21 heavy (non-hydrogen) atoms. The summed E-state index contributed by atoms with van der Waals surface area (Å²) in [6.45, 7) is 4.84. The molecule has 1 N–H and O–H groups in total. The molecule has 1 aromatic heterocycles. The van der Waals surface area contributed by atoms with Crippen molar-refractivity contribution in [2.45, 2.75) is 26.5 Å². The third-order valence-corrected chi connectivity index (χ3v) is 3.59. The lowest BCUT2D eigenvalue weighted by Gasteiger charge is -2.08. The second-order valence-corrected chi connectivity index (χ2v) is 5.46. The number of aromatic nitrogens is 1. The molecule has 0 fully saturated rings. The first kappa shape index (κ1) is 13.6. The van der Waals surface area contributed by atoms with Crippen LogP contribution in [0.3, 0.4) is 0 Å². The lowest BCUT2D eigenvalue weighted by Crippen LogP contribution is -1.98. The Balaban J connectivity index is 1.90. The van der Waals surface area contributed by atoms with Crippen molar-refractivity contribution < 1.29 is 9.84 Å². The topological polar surface area (TPSA) is 34.4 Å². The Kier molecular flexibility index (Phi) is 3.57. The van der Waals surface area contributed by atoms with E-state index in [0.29, 0.717) is 18.4 Å². The van der Waals surface area contributed by atoms with E-state index < -0.39 is 0 Å². The van der Waals surface area contributed by atoms with Gasteiger partial charge in [0.05, 0.1) is 0 Å². The number of hydrogen-bond donors (Lipinski definition) is 1. The van der Waals surface area contributed by atoms with Crippen LogP contribution in [-0.2, 0) is 6.61 Å². The first-order valence-corrected chi connectivity index (χ1v) is 7.15. The lowest BCUT2D eigenvalue weighted by molar-refractivity contribution is 0.305. The Bertz CT molecular complexity index is 759. The number of hydrogen-bond acceptors (Lipinski definition) is 2. The van der Waals surface area contributed by atoms with Gasteiger partial charge in [0.25, 0.3) is 0 Å². The van der Waals surface area contributed by atoms with Gasteiger partial charge in [-0.2, -0.15) is 0 Å². The van der Waals surface area contributed by atoms with Crippen LogP contribution in [0.4, 0.5) is 0 Å². The molecule has 0 aliphatic carbocycles. The van der Waals surface area contributed by atoms with E-state index in [9.17, 15) is 5.11 Å². The van der Waals surface area contributed by atoms with Crippen molar-refractivity contribution in [3.05, 3.63) is 60.3 Å². The van der Waals surface area contributed by atoms with Crippen LogP contribution in [0, 0.1) is 0 Å². The molecule has 0 aliphatic heterocycles. The summed E-state index contributed by atoms with van der Waals surface area (Å²) in [6, 6.07) is 15.7. The fraction of sp³-hybridized carbons (Fsp3) is 0.222. The number of para-hydroxylation sites is 1. The summed E-state index contributed by atoms with van der Waals surface area (Å²) in [7, 11) is 0. The van der Waals surface area contributed by atoms with Gasteiger partial charge in [-0.3, -0.25) is 0 Å². The predicted molar refractivity (Wildman–Crippen MR) is 84.8 cm³/mol. The molecule has 3 rings (SSSR count). The van der Waals surface area contributed by atoms with Crippen LogP contribution in [0.25, 0.3) is 10.9 Å². The van der Waals surface area contributed by atoms with Gasteiger partial charge in [0.2, 0.25) is 0 Å². The molecule has 108 valence electrons. The van der Waals surface area contributed by atoms with Gasteiger partial charge >= 0.3 is 0 Å². The largest absolute Gasteiger partial charge is 0.508 e. The summed E-state index contributed by atoms with van der Waals surface area (Å²) in [5.74, 6) is 0.897. The Morgan fingerprint density at radius 3 is 2.67 bits per heavy atom. The van der Waals surface area contributed by atoms with Crippen LogP contribution in [0.5, 0.6) is 11.5 Å². The molecule has 0 radical (unpaired) electrons. The van der Waals surface area contributed by atoms with Crippen molar-refractivity contribution >= 4 is 10.9 Å². The Morgan fingerprint density at radius 2 is 1.90 bits per heavy atom. The zero-order valence-corrected chi connectivity index (χ0v) is 12.3. The average molecular weight is 281 g/mol. The molecule has 0 unspecified atom stereocenters. The predicted octanol–water partition coefficient (Wildman–Crippen LogP) is 4.51. The minimum Gasteiger partial charge on any atom is -0.508 e. The van der Waals surface area contributed by atoms with Crippen LogP contribution in [-0.4, -0.2) is 9.67 Å². The van der Waals surface area contributed by atoms with Gasteiger partial charge in [-0.15, -0.1) is 0 Å². The van der Waals surface area contributed by atoms with Gasteiger partial charge < -0.3 is 14.4 Å². The molecule has 0 saturated carbocycles. The molecule has 3 nitrogen and oxygen atoms in total. The van der Waals surface area contributed by atoms with Gasteiger partial charge in [-0.1, -0.05) is 24.3 Å². The van der Waals surface area contributed by atoms with E-state index in [0.717, 1.165) is 5.56 Å². The Labute approximate surface area is 124 Å². The molecular weight excluding hydrogens is 262 g/mol. The summed E-state index contributed by atoms with van der Waals surface area (Å²) in [5.41, 5.74) is 2.38. The number of ether oxygens (including phenoxy) is 1. The minimum absolute atomic E-state index is 0.220. The summed E-state index contributed by atoms with van der Waals surface area (Å²) >= 11 is 0. The highest BCUT2D eigenvalue weighted by Crippen LogP contribution is 2.26. The van der Waals surface area contributed by atoms with Gasteiger partial charge in [0.1, 0.15) is 18.1 Å². The number of fused-ring (bicyclic) bond motifs is 1. The highest BCUT2D eigenvalue weighted by molar-refractivity contribution is 5.84. The van der Waals surface area contributed by atoms with E-state index in [1.165, 1.54) is 10.9 Å². The third-order valence-electron chi connectivity index (χ3n) is 3.59. The van der Waals surface area contributed by atoms with Crippen LogP contribution in [0.15, 0.2) is 54.7 Å². The molecule has 3 heteroatoms. The number of phenols is 1. The molecule has 0 aliphatic rings. The van der Waals surface area contributed by atoms with Crippen molar-refractivity contribution in [3.8, 4) is 11.5 Å². The Morgan fingerprint density at radius 1 is 1.10 bits per heavy atom. The molecule has 0 bridgehead atoms. The molecule has 0 saturated heterocycles. The SMILES string of the molecule is CC(C)n1cc(COc2cccc(O)c2)c2ccccc21. The normalized spacial score (nSPS) is 11.2. The maximum atomic E-state index is 9.47. The van der Waals surface area contributed by atoms with Gasteiger partial charge in [-0.05, 0) is 32.0 Å². The number of nitrogens with zero attached hydrogens (tertiary/aromatic N) is 1. The quantitative estimate of drug-likeness (QED) is 0.763. The molecule has 2 aromatic carbocycles. The number of aromatic hydroxyl groups is 1. The fourth-order valence-corrected chi connectivity index (χ4v) is 2.55. The fourth-order valence-electron chi connectivity index (χ4n) is 2.55. The summed E-state index contributed by atoms with van der Waals surface area (Å²) in [5, 5.41) is 10.7. The third kappa shape index (κ3) is 2.72. The second-order valence-electron chi connectivity index (χ2n) is 5.46. The van der Waals surface area contributed by atoms with E-state index >= 15 is 0 Å². The number of phenolic OH excluding ortho intramolecular Hbond substituents is 1. The molecule has 0 atom stereocenters. The Hall–Kier alpha value is -2.42. The number of benzene rings is 2. The van der Waals surface area contributed by atoms with Gasteiger partial charge in [0, 0.05) is 34.8 Å². The lowest BCUT2D eigenvalue weighted by atomic mass is 10.2. The smallest absolute Gasteiger partial charge is 0.123 e. The van der Waals surface area contributed by atoms with Crippen molar-refractivity contribution in [2.75, 3.05) is 0 Å². The van der Waals surface area contributed by atoms with E-state index in [1.807, 2.05) is 12.1 Å². The first-order chi connectivity index (χ1) is 10.1. The monoisotopic (exact) mass is 281 g/mol. The standard InChI is InChI=1S/C18H19NO2/c1-13(2)19-11-14(17-8-3-4-9-18(17)19)12-21-16-7-5-6-15(20)10-16/h3-11,13,20H,12H2,1-2H3. The summed E-state index contributed by atoms with van der Waals surface area (Å²) in [6.07, 6.45) is 2.15. The molecule has 0 spiro atoms. The maximum Gasteiger partial charge on any atom is 0.123 e. The van der Waals surface area contributed by atoms with Gasteiger partial charge in [0.15, 0.2) is 0 Å². The summed E-state index contributed by atoms with van der Waals surface area (Å²) in [4.78, 5) is 0. The van der Waals surface area contributed by atoms with E-state index in [4.69, 9.17) is 4.74 Å². The van der Waals surface area contributed by atoms with E-state index in [2.05, 4.69) is 42.8 Å². The summed E-state index contributed by atoms with van der Waals surface area (Å²) < 4.78 is 8.06. The highest BCUT2D eigenvalue weighted by Gasteiger charge is 2.10. The van der Waals surface area contributed by atoms with Gasteiger partial charge in [-0.25, -0.2) is 0 Å². The maximum absolute atomic E-state index is 9.47.